The number of fused-ring (bicyclic) bond motifs is 1. The van der Waals surface area contributed by atoms with E-state index in [0.29, 0.717) is 25.5 Å². The summed E-state index contributed by atoms with van der Waals surface area (Å²) < 4.78 is 11.0. The summed E-state index contributed by atoms with van der Waals surface area (Å²) >= 11 is 2.30. The molecule has 0 spiro atoms. The van der Waals surface area contributed by atoms with E-state index >= 15 is 0 Å². The summed E-state index contributed by atoms with van der Waals surface area (Å²) in [6, 6.07) is 6.75. The highest BCUT2D eigenvalue weighted by Crippen LogP contribution is 2.58. The lowest BCUT2D eigenvalue weighted by atomic mass is 10.3. The normalized spacial score (nSPS) is 11.9. The van der Waals surface area contributed by atoms with Gasteiger partial charge in [-0.1, -0.05) is 37.4 Å². The molecule has 8 heteroatoms. The molecule has 0 fully saturated rings. The number of esters is 2. The molecule has 1 aromatic rings. The number of rotatable bonds is 4. The Bertz CT molecular complexity index is 754. The number of thioether (sulfide) groups is 2. The first kappa shape index (κ1) is 17.9. The molecular weight excluding hydrogens is 348 g/mol. The van der Waals surface area contributed by atoms with Crippen molar-refractivity contribution in [2.24, 2.45) is 0 Å². The lowest BCUT2D eigenvalue weighted by Crippen LogP contribution is -2.08. The lowest BCUT2D eigenvalue weighted by Gasteiger charge is -2.11. The van der Waals surface area contributed by atoms with Crippen molar-refractivity contribution < 1.29 is 19.1 Å². The number of hydrogen-bond acceptors (Lipinski definition) is 8. The zero-order valence-electron chi connectivity index (χ0n) is 12.9. The van der Waals surface area contributed by atoms with Gasteiger partial charge in [0.25, 0.3) is 0 Å². The van der Waals surface area contributed by atoms with Gasteiger partial charge in [-0.2, -0.15) is 10.5 Å². The molecule has 0 aromatic heterocycles. The number of nitrogens with zero attached hydrogens (tertiary/aromatic N) is 2. The molecule has 1 heterocycles. The molecule has 0 unspecified atom stereocenters. The van der Waals surface area contributed by atoms with Crippen LogP contribution >= 0.6 is 23.5 Å². The second-order valence-corrected chi connectivity index (χ2v) is 6.77. The highest BCUT2D eigenvalue weighted by molar-refractivity contribution is 8.24. The van der Waals surface area contributed by atoms with Crippen LogP contribution in [0.3, 0.4) is 0 Å². The van der Waals surface area contributed by atoms with E-state index in [1.165, 1.54) is 0 Å². The smallest absolute Gasteiger partial charge is 0.310 e. The summed E-state index contributed by atoms with van der Waals surface area (Å²) in [5.74, 6) is -0.176. The molecule has 0 amide bonds. The van der Waals surface area contributed by atoms with Gasteiger partial charge in [0.1, 0.15) is 29.2 Å². The van der Waals surface area contributed by atoms with E-state index in [1.54, 1.807) is 26.0 Å². The number of carbonyl (C=O) groups is 2. The minimum atomic E-state index is -0.403. The Balaban J connectivity index is 2.50. The van der Waals surface area contributed by atoms with E-state index < -0.39 is 11.9 Å². The van der Waals surface area contributed by atoms with Crippen molar-refractivity contribution in [3.63, 3.8) is 0 Å². The first-order chi connectivity index (χ1) is 11.5. The van der Waals surface area contributed by atoms with Crippen LogP contribution in [0.2, 0.25) is 0 Å². The zero-order chi connectivity index (χ0) is 17.7. The van der Waals surface area contributed by atoms with Crippen LogP contribution in [0.15, 0.2) is 31.7 Å². The van der Waals surface area contributed by atoms with Crippen molar-refractivity contribution in [3.8, 4) is 23.6 Å². The second-order valence-electron chi connectivity index (χ2n) is 4.47. The lowest BCUT2D eigenvalue weighted by molar-refractivity contribution is -0.135. The van der Waals surface area contributed by atoms with E-state index in [9.17, 15) is 9.59 Å². The van der Waals surface area contributed by atoms with Crippen molar-refractivity contribution in [2.45, 2.75) is 36.5 Å². The van der Waals surface area contributed by atoms with E-state index in [0.717, 1.165) is 23.5 Å². The fraction of sp³-hybridized carbons (Fsp3) is 0.250. The Hall–Kier alpha value is -2.42. The number of hydrogen-bond donors (Lipinski definition) is 0. The Kier molecular flexibility index (Phi) is 5.91. The summed E-state index contributed by atoms with van der Waals surface area (Å²) in [5.41, 5.74) is -0.0401. The van der Waals surface area contributed by atoms with Crippen LogP contribution in [0.5, 0.6) is 11.5 Å². The van der Waals surface area contributed by atoms with Crippen molar-refractivity contribution in [1.82, 2.24) is 0 Å². The molecule has 0 bridgehead atoms. The van der Waals surface area contributed by atoms with E-state index in [2.05, 4.69) is 0 Å². The maximum atomic E-state index is 11.6. The van der Waals surface area contributed by atoms with Gasteiger partial charge >= 0.3 is 11.9 Å². The van der Waals surface area contributed by atoms with Gasteiger partial charge in [-0.05, 0) is 12.1 Å². The number of allylic oxidation sites excluding steroid dienone is 1. The fourth-order valence-electron chi connectivity index (χ4n) is 1.69. The molecule has 0 saturated heterocycles. The molecule has 6 nitrogen and oxygen atoms in total. The van der Waals surface area contributed by atoms with Crippen LogP contribution in [0.4, 0.5) is 0 Å². The number of benzene rings is 1. The molecule has 1 aromatic carbocycles. The van der Waals surface area contributed by atoms with Crippen molar-refractivity contribution in [2.75, 3.05) is 0 Å². The van der Waals surface area contributed by atoms with E-state index in [-0.39, 0.29) is 18.4 Å². The predicted octanol–water partition coefficient (Wildman–Crippen LogP) is 3.77. The molecule has 0 atom stereocenters. The van der Waals surface area contributed by atoms with Gasteiger partial charge in [-0.3, -0.25) is 9.59 Å². The van der Waals surface area contributed by atoms with Crippen molar-refractivity contribution in [3.05, 3.63) is 21.9 Å². The standard InChI is InChI=1S/C16H12N2O4S2/c1-3-12(19)21-10-5-6-11(22-13(20)4-2)15-14(10)23-16(24-15)9(7-17)8-18/h5-6H,3-4H2,1-2H3. The minimum absolute atomic E-state index is 0.0401. The van der Waals surface area contributed by atoms with Crippen LogP contribution in [-0.4, -0.2) is 11.9 Å². The largest absolute Gasteiger partial charge is 0.425 e. The minimum Gasteiger partial charge on any atom is -0.425 e. The van der Waals surface area contributed by atoms with Crippen LogP contribution in [0, 0.1) is 22.7 Å². The van der Waals surface area contributed by atoms with Crippen LogP contribution < -0.4 is 9.47 Å². The third-order valence-corrected chi connectivity index (χ3v) is 5.51. The molecule has 122 valence electrons. The third-order valence-electron chi connectivity index (χ3n) is 2.88. The summed E-state index contributed by atoms with van der Waals surface area (Å²) in [5, 5.41) is 18.1. The van der Waals surface area contributed by atoms with Crippen molar-refractivity contribution >= 4 is 35.5 Å². The molecule has 0 radical (unpaired) electrons. The molecule has 2 rings (SSSR count). The summed E-state index contributed by atoms with van der Waals surface area (Å²) in [6.07, 6.45) is 0.424. The predicted molar refractivity (Wildman–Crippen MR) is 88.3 cm³/mol. The Morgan fingerprint density at radius 3 is 1.71 bits per heavy atom. The van der Waals surface area contributed by atoms with Gasteiger partial charge < -0.3 is 9.47 Å². The van der Waals surface area contributed by atoms with Crippen LogP contribution in [-0.2, 0) is 9.59 Å². The maximum Gasteiger partial charge on any atom is 0.310 e. The molecule has 0 saturated carbocycles. The topological polar surface area (TPSA) is 100 Å². The SMILES string of the molecule is CCC(=O)Oc1ccc(OC(=O)CC)c2c1SC(=C(C#N)C#N)S2. The molecule has 1 aliphatic heterocycles. The maximum absolute atomic E-state index is 11.6. The van der Waals surface area contributed by atoms with Gasteiger partial charge in [0.15, 0.2) is 0 Å². The molecule has 0 N–H and O–H groups in total. The molecule has 1 aliphatic rings. The Morgan fingerprint density at radius 1 is 0.958 bits per heavy atom. The average Bonchev–Trinajstić information content (AvgIpc) is 3.03. The molecule has 0 aliphatic carbocycles. The Labute approximate surface area is 147 Å². The van der Waals surface area contributed by atoms with Crippen molar-refractivity contribution in [1.29, 1.82) is 10.5 Å². The van der Waals surface area contributed by atoms with Gasteiger partial charge in [0.2, 0.25) is 0 Å². The van der Waals surface area contributed by atoms with Crippen LogP contribution in [0.25, 0.3) is 0 Å². The number of nitriles is 2. The summed E-state index contributed by atoms with van der Waals surface area (Å²) in [6.45, 7) is 3.35. The van der Waals surface area contributed by atoms with Gasteiger partial charge in [0.05, 0.1) is 14.0 Å². The Morgan fingerprint density at radius 2 is 1.38 bits per heavy atom. The van der Waals surface area contributed by atoms with Gasteiger partial charge in [-0.15, -0.1) is 0 Å². The monoisotopic (exact) mass is 360 g/mol. The number of ether oxygens (including phenoxy) is 2. The van der Waals surface area contributed by atoms with E-state index in [4.69, 9.17) is 20.0 Å². The first-order valence-electron chi connectivity index (χ1n) is 7.02. The third kappa shape index (κ3) is 3.73. The average molecular weight is 360 g/mol. The quantitative estimate of drug-likeness (QED) is 0.454. The number of carbonyl (C=O) groups excluding carboxylic acids is 2. The second kappa shape index (κ2) is 7.91. The molecular formula is C16H12N2O4S2. The summed E-state index contributed by atoms with van der Waals surface area (Å²) in [7, 11) is 0. The first-order valence-corrected chi connectivity index (χ1v) is 8.65. The van der Waals surface area contributed by atoms with Gasteiger partial charge in [0, 0.05) is 12.8 Å². The van der Waals surface area contributed by atoms with Crippen LogP contribution in [0.1, 0.15) is 26.7 Å². The van der Waals surface area contributed by atoms with E-state index in [1.807, 2.05) is 12.1 Å². The zero-order valence-corrected chi connectivity index (χ0v) is 14.5. The highest BCUT2D eigenvalue weighted by atomic mass is 32.2. The molecule has 24 heavy (non-hydrogen) atoms. The summed E-state index contributed by atoms with van der Waals surface area (Å²) in [4.78, 5) is 24.3. The fourth-order valence-corrected chi connectivity index (χ4v) is 4.18. The van der Waals surface area contributed by atoms with Gasteiger partial charge in [-0.25, -0.2) is 0 Å². The highest BCUT2D eigenvalue weighted by Gasteiger charge is 2.29.